The van der Waals surface area contributed by atoms with Crippen molar-refractivity contribution in [3.05, 3.63) is 51.4 Å². The zero-order chi connectivity index (χ0) is 14.0. The molecule has 0 aliphatic heterocycles. The zero-order valence-corrected chi connectivity index (χ0v) is 9.77. The van der Waals surface area contributed by atoms with Crippen molar-refractivity contribution >= 4 is 17.3 Å². The van der Waals surface area contributed by atoms with Crippen molar-refractivity contribution < 1.29 is 18.4 Å². The molecule has 0 fully saturated rings. The summed E-state index contributed by atoms with van der Waals surface area (Å²) in [6, 6.07) is 2.75. The third-order valence-electron chi connectivity index (χ3n) is 2.01. The smallest absolute Gasteiger partial charge is 0.305 e. The van der Waals surface area contributed by atoms with E-state index in [1.165, 1.54) is 0 Å². The van der Waals surface area contributed by atoms with Crippen LogP contribution in [0.25, 0.3) is 0 Å². The SMILES string of the molecule is O=[N+]([O-])c1ccc(Oc2nc(Cl)ncc2F)cc1F. The highest BCUT2D eigenvalue weighted by Crippen LogP contribution is 2.27. The van der Waals surface area contributed by atoms with Crippen LogP contribution in [-0.4, -0.2) is 14.9 Å². The largest absolute Gasteiger partial charge is 0.436 e. The number of rotatable bonds is 3. The van der Waals surface area contributed by atoms with E-state index in [4.69, 9.17) is 16.3 Å². The number of hydrogen-bond acceptors (Lipinski definition) is 5. The molecule has 0 bridgehead atoms. The molecule has 0 radical (unpaired) electrons. The molecule has 9 heteroatoms. The highest BCUT2D eigenvalue weighted by molar-refractivity contribution is 6.28. The molecule has 0 aliphatic rings. The van der Waals surface area contributed by atoms with Crippen molar-refractivity contribution in [2.75, 3.05) is 0 Å². The highest BCUT2D eigenvalue weighted by Gasteiger charge is 2.16. The Kier molecular flexibility index (Phi) is 3.52. The van der Waals surface area contributed by atoms with Crippen LogP contribution in [-0.2, 0) is 0 Å². The monoisotopic (exact) mass is 287 g/mol. The number of nitro groups is 1. The Morgan fingerprint density at radius 3 is 2.68 bits per heavy atom. The van der Waals surface area contributed by atoms with E-state index in [1.54, 1.807) is 0 Å². The molecule has 98 valence electrons. The lowest BCUT2D eigenvalue weighted by atomic mass is 10.3. The van der Waals surface area contributed by atoms with Gasteiger partial charge in [0.25, 0.3) is 5.88 Å². The van der Waals surface area contributed by atoms with Crippen LogP contribution in [0.3, 0.4) is 0 Å². The van der Waals surface area contributed by atoms with Gasteiger partial charge in [0, 0.05) is 12.1 Å². The molecule has 2 rings (SSSR count). The second-order valence-corrected chi connectivity index (χ2v) is 3.60. The van der Waals surface area contributed by atoms with Crippen LogP contribution in [0.4, 0.5) is 14.5 Å². The maximum atomic E-state index is 13.3. The molecule has 0 amide bonds. The third-order valence-corrected chi connectivity index (χ3v) is 2.20. The van der Waals surface area contributed by atoms with Crippen LogP contribution in [0.15, 0.2) is 24.4 Å². The number of halogens is 3. The summed E-state index contributed by atoms with van der Waals surface area (Å²) >= 11 is 5.45. The minimum Gasteiger partial charge on any atom is -0.436 e. The fraction of sp³-hybridized carbons (Fsp3) is 0. The minimum absolute atomic E-state index is 0.156. The van der Waals surface area contributed by atoms with Gasteiger partial charge in [-0.25, -0.2) is 4.98 Å². The Hall–Kier alpha value is -2.35. The van der Waals surface area contributed by atoms with Crippen LogP contribution >= 0.6 is 11.6 Å². The van der Waals surface area contributed by atoms with Crippen LogP contribution in [0.2, 0.25) is 5.28 Å². The maximum absolute atomic E-state index is 13.3. The number of benzene rings is 1. The lowest BCUT2D eigenvalue weighted by Crippen LogP contribution is -1.96. The average molecular weight is 288 g/mol. The Morgan fingerprint density at radius 1 is 1.32 bits per heavy atom. The number of hydrogen-bond donors (Lipinski definition) is 0. The second-order valence-electron chi connectivity index (χ2n) is 3.26. The predicted octanol–water partition coefficient (Wildman–Crippen LogP) is 3.11. The molecule has 19 heavy (non-hydrogen) atoms. The van der Waals surface area contributed by atoms with E-state index in [0.29, 0.717) is 0 Å². The van der Waals surface area contributed by atoms with Gasteiger partial charge in [-0.1, -0.05) is 0 Å². The molecule has 0 N–H and O–H groups in total. The fourth-order valence-corrected chi connectivity index (χ4v) is 1.34. The first-order valence-electron chi connectivity index (χ1n) is 4.77. The minimum atomic E-state index is -1.11. The van der Waals surface area contributed by atoms with Crippen molar-refractivity contribution in [1.29, 1.82) is 0 Å². The molecule has 0 saturated heterocycles. The Balaban J connectivity index is 2.31. The first kappa shape index (κ1) is 13.1. The van der Waals surface area contributed by atoms with Gasteiger partial charge in [0.05, 0.1) is 11.1 Å². The summed E-state index contributed by atoms with van der Waals surface area (Å²) in [5, 5.41) is 10.2. The number of ether oxygens (including phenoxy) is 1. The Bertz CT molecular complexity index is 654. The predicted molar refractivity (Wildman–Crippen MR) is 60.1 cm³/mol. The normalized spacial score (nSPS) is 10.3. The molecule has 0 aliphatic carbocycles. The van der Waals surface area contributed by atoms with Gasteiger partial charge in [-0.2, -0.15) is 13.8 Å². The van der Waals surface area contributed by atoms with E-state index in [1.807, 2.05) is 0 Å². The molecular weight excluding hydrogens is 284 g/mol. The van der Waals surface area contributed by atoms with Crippen LogP contribution < -0.4 is 4.74 Å². The van der Waals surface area contributed by atoms with Gasteiger partial charge in [0.15, 0.2) is 0 Å². The topological polar surface area (TPSA) is 78.2 Å². The molecule has 0 atom stereocenters. The number of aromatic nitrogens is 2. The zero-order valence-electron chi connectivity index (χ0n) is 9.01. The first-order valence-corrected chi connectivity index (χ1v) is 5.15. The van der Waals surface area contributed by atoms with Crippen LogP contribution in [0.1, 0.15) is 0 Å². The molecule has 0 spiro atoms. The average Bonchev–Trinajstić information content (AvgIpc) is 2.33. The van der Waals surface area contributed by atoms with Gasteiger partial charge >= 0.3 is 5.69 Å². The van der Waals surface area contributed by atoms with E-state index < -0.39 is 28.1 Å². The van der Waals surface area contributed by atoms with Crippen molar-refractivity contribution in [3.63, 3.8) is 0 Å². The summed E-state index contributed by atoms with van der Waals surface area (Å²) in [7, 11) is 0. The third kappa shape index (κ3) is 2.91. The molecule has 1 aromatic carbocycles. The van der Waals surface area contributed by atoms with Gasteiger partial charge in [-0.3, -0.25) is 10.1 Å². The summed E-state index contributed by atoms with van der Waals surface area (Å²) in [6.45, 7) is 0. The summed E-state index contributed by atoms with van der Waals surface area (Å²) < 4.78 is 31.5. The summed E-state index contributed by atoms with van der Waals surface area (Å²) in [6.07, 6.45) is 0.784. The summed E-state index contributed by atoms with van der Waals surface area (Å²) in [5.74, 6) is -2.67. The van der Waals surface area contributed by atoms with Gasteiger partial charge in [0.2, 0.25) is 16.9 Å². The lowest BCUT2D eigenvalue weighted by Gasteiger charge is -2.05. The Labute approximate surface area is 109 Å². The first-order chi connectivity index (χ1) is 8.97. The van der Waals surface area contributed by atoms with Crippen LogP contribution in [0, 0.1) is 21.7 Å². The molecular formula is C10H4ClF2N3O3. The van der Waals surface area contributed by atoms with E-state index >= 15 is 0 Å². The van der Waals surface area contributed by atoms with Gasteiger partial charge in [0.1, 0.15) is 5.75 Å². The second kappa shape index (κ2) is 5.11. The van der Waals surface area contributed by atoms with Crippen molar-refractivity contribution in [2.45, 2.75) is 0 Å². The number of nitrogens with zero attached hydrogens (tertiary/aromatic N) is 3. The molecule has 2 aromatic rings. The van der Waals surface area contributed by atoms with Gasteiger partial charge in [-0.05, 0) is 17.7 Å². The number of nitro benzene ring substituents is 1. The highest BCUT2D eigenvalue weighted by atomic mass is 35.5. The summed E-state index contributed by atoms with van der Waals surface area (Å²) in [4.78, 5) is 16.4. The Morgan fingerprint density at radius 2 is 2.05 bits per heavy atom. The summed E-state index contributed by atoms with van der Waals surface area (Å²) in [5.41, 5.74) is -0.714. The van der Waals surface area contributed by atoms with E-state index in [-0.39, 0.29) is 11.0 Å². The van der Waals surface area contributed by atoms with Gasteiger partial charge < -0.3 is 4.74 Å². The molecule has 1 aromatic heterocycles. The van der Waals surface area contributed by atoms with E-state index in [9.17, 15) is 18.9 Å². The standard InChI is InChI=1S/C10H4ClF2N3O3/c11-10-14-4-7(13)9(15-10)19-5-1-2-8(16(17)18)6(12)3-5/h1-4H. The molecule has 6 nitrogen and oxygen atoms in total. The van der Waals surface area contributed by atoms with E-state index in [2.05, 4.69) is 9.97 Å². The van der Waals surface area contributed by atoms with Crippen molar-refractivity contribution in [3.8, 4) is 11.6 Å². The van der Waals surface area contributed by atoms with Crippen molar-refractivity contribution in [2.24, 2.45) is 0 Å². The van der Waals surface area contributed by atoms with Crippen molar-refractivity contribution in [1.82, 2.24) is 9.97 Å². The van der Waals surface area contributed by atoms with Crippen LogP contribution in [0.5, 0.6) is 11.6 Å². The van der Waals surface area contributed by atoms with Gasteiger partial charge in [-0.15, -0.1) is 0 Å². The quantitative estimate of drug-likeness (QED) is 0.492. The van der Waals surface area contributed by atoms with E-state index in [0.717, 1.165) is 24.4 Å². The molecule has 0 unspecified atom stereocenters. The fourth-order valence-electron chi connectivity index (χ4n) is 1.21. The molecule has 1 heterocycles. The maximum Gasteiger partial charge on any atom is 0.305 e. The lowest BCUT2D eigenvalue weighted by molar-refractivity contribution is -0.387. The molecule has 0 saturated carbocycles.